The summed E-state index contributed by atoms with van der Waals surface area (Å²) in [6.45, 7) is 11.1. The maximum atomic E-state index is 4.82. The quantitative estimate of drug-likeness (QED) is 0.808. The smallest absolute Gasteiger partial charge is 0.0986 e. The molecule has 3 rings (SSSR count). The second-order valence-electron chi connectivity index (χ2n) is 6.46. The van der Waals surface area contributed by atoms with Crippen molar-refractivity contribution in [2.45, 2.75) is 39.5 Å². The van der Waals surface area contributed by atoms with E-state index in [0.717, 1.165) is 25.2 Å². The number of hydrogen-bond acceptors (Lipinski definition) is 3. The van der Waals surface area contributed by atoms with E-state index < -0.39 is 0 Å². The van der Waals surface area contributed by atoms with Gasteiger partial charge in [-0.1, -0.05) is 26.8 Å². The highest BCUT2D eigenvalue weighted by molar-refractivity contribution is 7.10. The average Bonchev–Trinajstić information content (AvgIpc) is 3.04. The van der Waals surface area contributed by atoms with Crippen LogP contribution < -0.4 is 4.90 Å². The van der Waals surface area contributed by atoms with Crippen molar-refractivity contribution in [2.75, 3.05) is 18.0 Å². The summed E-state index contributed by atoms with van der Waals surface area (Å²) in [4.78, 5) is 7.27. The standard InChI is InChI=1S/C17H22N2S/c1-5-19-9-8-13-10-12(6-7-15(13)19)14-11-20-16(18-14)17(2,3)4/h6-7,10-11H,5,8-9H2,1-4H3. The first-order chi connectivity index (χ1) is 9.49. The van der Waals surface area contributed by atoms with Crippen LogP contribution in [-0.2, 0) is 11.8 Å². The van der Waals surface area contributed by atoms with Crippen LogP contribution in [0.2, 0.25) is 0 Å². The molecular weight excluding hydrogens is 264 g/mol. The number of benzene rings is 1. The first-order valence-corrected chi connectivity index (χ1v) is 8.21. The minimum Gasteiger partial charge on any atom is -0.371 e. The lowest BCUT2D eigenvalue weighted by Crippen LogP contribution is -2.18. The molecule has 0 fully saturated rings. The fourth-order valence-corrected chi connectivity index (χ4v) is 3.63. The third-order valence-corrected chi connectivity index (χ3v) is 5.16. The summed E-state index contributed by atoms with van der Waals surface area (Å²) in [6, 6.07) is 6.80. The van der Waals surface area contributed by atoms with Gasteiger partial charge in [0.15, 0.2) is 0 Å². The molecule has 2 heterocycles. The minimum absolute atomic E-state index is 0.138. The first kappa shape index (κ1) is 13.6. The van der Waals surface area contributed by atoms with Gasteiger partial charge in [-0.15, -0.1) is 11.3 Å². The molecule has 0 N–H and O–H groups in total. The number of likely N-dealkylation sites (N-methyl/N-ethyl adjacent to an activating group) is 1. The van der Waals surface area contributed by atoms with Crippen LogP contribution in [0.5, 0.6) is 0 Å². The molecule has 0 saturated heterocycles. The molecule has 1 aromatic carbocycles. The van der Waals surface area contributed by atoms with Gasteiger partial charge in [0.1, 0.15) is 0 Å². The molecule has 0 saturated carbocycles. The number of aromatic nitrogens is 1. The summed E-state index contributed by atoms with van der Waals surface area (Å²) in [6.07, 6.45) is 1.16. The molecule has 0 amide bonds. The Bertz CT molecular complexity index is 622. The van der Waals surface area contributed by atoms with Crippen LogP contribution in [0.4, 0.5) is 5.69 Å². The predicted molar refractivity (Wildman–Crippen MR) is 87.8 cm³/mol. The van der Waals surface area contributed by atoms with E-state index in [1.165, 1.54) is 21.8 Å². The zero-order valence-electron chi connectivity index (χ0n) is 12.7. The van der Waals surface area contributed by atoms with Gasteiger partial charge < -0.3 is 4.90 Å². The second kappa shape index (κ2) is 4.88. The number of nitrogens with zero attached hydrogens (tertiary/aromatic N) is 2. The Morgan fingerprint density at radius 1 is 1.30 bits per heavy atom. The zero-order chi connectivity index (χ0) is 14.3. The molecule has 1 aliphatic rings. The molecule has 0 bridgehead atoms. The predicted octanol–water partition coefficient (Wildman–Crippen LogP) is 4.49. The van der Waals surface area contributed by atoms with Crippen molar-refractivity contribution < 1.29 is 0 Å². The van der Waals surface area contributed by atoms with Crippen molar-refractivity contribution in [3.63, 3.8) is 0 Å². The monoisotopic (exact) mass is 286 g/mol. The molecule has 2 aromatic rings. The maximum Gasteiger partial charge on any atom is 0.0986 e. The molecule has 1 aliphatic heterocycles. The summed E-state index contributed by atoms with van der Waals surface area (Å²) < 4.78 is 0. The Morgan fingerprint density at radius 2 is 2.10 bits per heavy atom. The lowest BCUT2D eigenvalue weighted by molar-refractivity contribution is 0.586. The SMILES string of the molecule is CCN1CCc2cc(-c3csc(C(C)(C)C)n3)ccc21. The normalized spacial score (nSPS) is 14.7. The summed E-state index contributed by atoms with van der Waals surface area (Å²) >= 11 is 1.77. The van der Waals surface area contributed by atoms with Gasteiger partial charge in [-0.05, 0) is 31.0 Å². The van der Waals surface area contributed by atoms with Gasteiger partial charge in [-0.2, -0.15) is 0 Å². The van der Waals surface area contributed by atoms with Crippen LogP contribution in [0.3, 0.4) is 0 Å². The van der Waals surface area contributed by atoms with Crippen molar-refractivity contribution in [3.05, 3.63) is 34.2 Å². The van der Waals surface area contributed by atoms with E-state index in [1.807, 2.05) is 0 Å². The summed E-state index contributed by atoms with van der Waals surface area (Å²) in [7, 11) is 0. The van der Waals surface area contributed by atoms with Crippen molar-refractivity contribution in [3.8, 4) is 11.3 Å². The first-order valence-electron chi connectivity index (χ1n) is 7.33. The van der Waals surface area contributed by atoms with Crippen molar-refractivity contribution in [1.82, 2.24) is 4.98 Å². The van der Waals surface area contributed by atoms with Gasteiger partial charge in [0.05, 0.1) is 10.7 Å². The van der Waals surface area contributed by atoms with Crippen molar-refractivity contribution >= 4 is 17.0 Å². The third-order valence-electron chi connectivity index (χ3n) is 3.89. The molecule has 0 unspecified atom stereocenters. The van der Waals surface area contributed by atoms with E-state index >= 15 is 0 Å². The zero-order valence-corrected chi connectivity index (χ0v) is 13.5. The van der Waals surface area contributed by atoms with Gasteiger partial charge in [0, 0.05) is 35.1 Å². The molecule has 0 aliphatic carbocycles. The van der Waals surface area contributed by atoms with E-state index in [1.54, 1.807) is 11.3 Å². The van der Waals surface area contributed by atoms with Crippen LogP contribution in [0, 0.1) is 0 Å². The van der Waals surface area contributed by atoms with Crippen LogP contribution in [0.25, 0.3) is 11.3 Å². The fourth-order valence-electron chi connectivity index (χ4n) is 2.71. The van der Waals surface area contributed by atoms with Crippen LogP contribution in [0.15, 0.2) is 23.6 Å². The molecule has 2 nitrogen and oxygen atoms in total. The maximum absolute atomic E-state index is 4.82. The largest absolute Gasteiger partial charge is 0.371 e. The van der Waals surface area contributed by atoms with E-state index in [4.69, 9.17) is 4.98 Å². The number of hydrogen-bond donors (Lipinski definition) is 0. The van der Waals surface area contributed by atoms with E-state index in [9.17, 15) is 0 Å². The number of fused-ring (bicyclic) bond motifs is 1. The lowest BCUT2D eigenvalue weighted by Gasteiger charge is -2.16. The summed E-state index contributed by atoms with van der Waals surface area (Å²) in [5.74, 6) is 0. The highest BCUT2D eigenvalue weighted by Gasteiger charge is 2.21. The molecule has 0 spiro atoms. The highest BCUT2D eigenvalue weighted by atomic mass is 32.1. The Morgan fingerprint density at radius 3 is 2.75 bits per heavy atom. The Hall–Kier alpha value is -1.35. The third kappa shape index (κ3) is 2.35. The molecule has 1 aromatic heterocycles. The topological polar surface area (TPSA) is 16.1 Å². The van der Waals surface area contributed by atoms with Gasteiger partial charge in [0.2, 0.25) is 0 Å². The molecule has 20 heavy (non-hydrogen) atoms. The van der Waals surface area contributed by atoms with Crippen LogP contribution >= 0.6 is 11.3 Å². The molecular formula is C17H22N2S. The second-order valence-corrected chi connectivity index (χ2v) is 7.32. The number of rotatable bonds is 2. The summed E-state index contributed by atoms with van der Waals surface area (Å²) in [5.41, 5.74) is 5.39. The van der Waals surface area contributed by atoms with Gasteiger partial charge in [-0.3, -0.25) is 0 Å². The van der Waals surface area contributed by atoms with Crippen LogP contribution in [0.1, 0.15) is 38.3 Å². The Labute approximate surface area is 125 Å². The Balaban J connectivity index is 1.94. The lowest BCUT2D eigenvalue weighted by atomic mass is 9.98. The van der Waals surface area contributed by atoms with Gasteiger partial charge in [-0.25, -0.2) is 4.98 Å². The number of anilines is 1. The fraction of sp³-hybridized carbons (Fsp3) is 0.471. The van der Waals surface area contributed by atoms with Crippen molar-refractivity contribution in [1.29, 1.82) is 0 Å². The van der Waals surface area contributed by atoms with E-state index in [2.05, 4.69) is 56.2 Å². The summed E-state index contributed by atoms with van der Waals surface area (Å²) in [5, 5.41) is 3.40. The molecule has 0 radical (unpaired) electrons. The average molecular weight is 286 g/mol. The number of thiazole rings is 1. The molecule has 106 valence electrons. The van der Waals surface area contributed by atoms with Gasteiger partial charge >= 0.3 is 0 Å². The molecule has 3 heteroatoms. The Kier molecular flexibility index (Phi) is 3.33. The van der Waals surface area contributed by atoms with Crippen LogP contribution in [-0.4, -0.2) is 18.1 Å². The van der Waals surface area contributed by atoms with E-state index in [0.29, 0.717) is 0 Å². The minimum atomic E-state index is 0.138. The van der Waals surface area contributed by atoms with Gasteiger partial charge in [0.25, 0.3) is 0 Å². The van der Waals surface area contributed by atoms with Crippen molar-refractivity contribution in [2.24, 2.45) is 0 Å². The molecule has 0 atom stereocenters. The van der Waals surface area contributed by atoms with E-state index in [-0.39, 0.29) is 5.41 Å². The highest BCUT2D eigenvalue weighted by Crippen LogP contribution is 2.34.